The molecule has 2 aromatic carbocycles. The van der Waals surface area contributed by atoms with Crippen molar-refractivity contribution in [1.82, 2.24) is 9.80 Å². The highest BCUT2D eigenvalue weighted by atomic mass is 16.5. The first-order valence-electron chi connectivity index (χ1n) is 10.1. The van der Waals surface area contributed by atoms with Gasteiger partial charge < -0.3 is 19.3 Å². The fraction of sp³-hybridized carbons (Fsp3) is 0.391. The molecule has 0 N–H and O–H groups in total. The molecule has 29 heavy (non-hydrogen) atoms. The molecule has 0 aromatic heterocycles. The smallest absolute Gasteiger partial charge is 0.225 e. The van der Waals surface area contributed by atoms with E-state index in [0.717, 1.165) is 47.4 Å². The minimum absolute atomic E-state index is 0.00712. The molecule has 152 valence electrons. The Balaban J connectivity index is 1.71. The molecular weight excluding hydrogens is 366 g/mol. The molecule has 1 fully saturated rings. The molecule has 1 amide bonds. The van der Waals surface area contributed by atoms with Crippen LogP contribution in [0.5, 0.6) is 17.2 Å². The number of hydrogen-bond donors (Lipinski definition) is 0. The van der Waals surface area contributed by atoms with E-state index in [-0.39, 0.29) is 17.9 Å². The van der Waals surface area contributed by atoms with Gasteiger partial charge in [0, 0.05) is 37.7 Å². The van der Waals surface area contributed by atoms with Crippen molar-refractivity contribution in [2.75, 3.05) is 26.7 Å². The van der Waals surface area contributed by atoms with Gasteiger partial charge in [0.05, 0.1) is 12.7 Å². The van der Waals surface area contributed by atoms with Crippen LogP contribution in [0.4, 0.5) is 5.69 Å². The summed E-state index contributed by atoms with van der Waals surface area (Å²) in [4.78, 5) is 21.7. The SMILES string of the molecule is COc1ccc2c(c1)Oc1ccccc1N=C2N1CCN(C(=O)C(C)C)C(C)C1. The van der Waals surface area contributed by atoms with E-state index >= 15 is 0 Å². The number of ether oxygens (including phenoxy) is 2. The number of nitrogens with zero attached hydrogens (tertiary/aromatic N) is 3. The van der Waals surface area contributed by atoms with E-state index in [4.69, 9.17) is 14.5 Å². The van der Waals surface area contributed by atoms with Gasteiger partial charge in [0.25, 0.3) is 0 Å². The summed E-state index contributed by atoms with van der Waals surface area (Å²) in [5, 5.41) is 0. The molecule has 2 heterocycles. The molecule has 0 spiro atoms. The Hall–Kier alpha value is -3.02. The van der Waals surface area contributed by atoms with Crippen LogP contribution >= 0.6 is 0 Å². The van der Waals surface area contributed by atoms with Crippen LogP contribution in [0.25, 0.3) is 0 Å². The summed E-state index contributed by atoms with van der Waals surface area (Å²) in [5.41, 5.74) is 1.73. The third kappa shape index (κ3) is 3.67. The van der Waals surface area contributed by atoms with E-state index < -0.39 is 0 Å². The van der Waals surface area contributed by atoms with E-state index in [0.29, 0.717) is 6.54 Å². The average molecular weight is 393 g/mol. The molecule has 6 heteroatoms. The molecule has 2 aliphatic rings. The lowest BCUT2D eigenvalue weighted by Gasteiger charge is -2.42. The third-order valence-corrected chi connectivity index (χ3v) is 5.45. The van der Waals surface area contributed by atoms with E-state index in [1.54, 1.807) is 7.11 Å². The summed E-state index contributed by atoms with van der Waals surface area (Å²) in [5.74, 6) is 3.27. The van der Waals surface area contributed by atoms with Crippen LogP contribution < -0.4 is 9.47 Å². The summed E-state index contributed by atoms with van der Waals surface area (Å²) in [6.07, 6.45) is 0. The minimum atomic E-state index is 0.00712. The standard InChI is InChI=1S/C23H27N3O3/c1-15(2)23(27)26-12-11-25(14-16(26)3)22-18-10-9-17(28-4)13-21(18)29-20-8-6-5-7-19(20)24-22/h5-10,13,15-16H,11-12,14H2,1-4H3. The van der Waals surface area contributed by atoms with Crippen LogP contribution in [0.2, 0.25) is 0 Å². The molecule has 4 rings (SSSR count). The summed E-state index contributed by atoms with van der Waals surface area (Å²) >= 11 is 0. The molecular formula is C23H27N3O3. The lowest BCUT2D eigenvalue weighted by atomic mass is 10.1. The monoisotopic (exact) mass is 393 g/mol. The lowest BCUT2D eigenvalue weighted by molar-refractivity contribution is -0.138. The quantitative estimate of drug-likeness (QED) is 0.772. The first kappa shape index (κ1) is 19.3. The molecule has 1 atom stereocenters. The van der Waals surface area contributed by atoms with Crippen molar-refractivity contribution in [3.05, 3.63) is 48.0 Å². The number of rotatable bonds is 2. The number of carbonyl (C=O) groups excluding carboxylic acids is 1. The van der Waals surface area contributed by atoms with Crippen LogP contribution in [-0.4, -0.2) is 54.3 Å². The molecule has 1 saturated heterocycles. The predicted octanol–water partition coefficient (Wildman–Crippen LogP) is 4.07. The Morgan fingerprint density at radius 3 is 2.69 bits per heavy atom. The van der Waals surface area contributed by atoms with Gasteiger partial charge in [-0.1, -0.05) is 26.0 Å². The number of amidine groups is 1. The first-order chi connectivity index (χ1) is 14.0. The highest BCUT2D eigenvalue weighted by molar-refractivity contribution is 6.04. The van der Waals surface area contributed by atoms with Gasteiger partial charge in [-0.15, -0.1) is 0 Å². The van der Waals surface area contributed by atoms with Crippen LogP contribution in [0.15, 0.2) is 47.5 Å². The Bertz CT molecular complexity index is 954. The van der Waals surface area contributed by atoms with Gasteiger partial charge in [0.1, 0.15) is 23.0 Å². The maximum absolute atomic E-state index is 12.5. The van der Waals surface area contributed by atoms with E-state index in [9.17, 15) is 4.79 Å². The van der Waals surface area contributed by atoms with Crippen molar-refractivity contribution >= 4 is 17.4 Å². The zero-order chi connectivity index (χ0) is 20.5. The largest absolute Gasteiger partial charge is 0.497 e. The first-order valence-corrected chi connectivity index (χ1v) is 10.1. The lowest BCUT2D eigenvalue weighted by Crippen LogP contribution is -2.56. The number of piperazine rings is 1. The summed E-state index contributed by atoms with van der Waals surface area (Å²) in [6, 6.07) is 13.7. The Kier molecular flexibility index (Phi) is 5.18. The van der Waals surface area contributed by atoms with Crippen molar-refractivity contribution in [2.24, 2.45) is 10.9 Å². The molecule has 2 aliphatic heterocycles. The maximum atomic E-state index is 12.5. The Labute approximate surface area is 171 Å². The Morgan fingerprint density at radius 1 is 1.17 bits per heavy atom. The third-order valence-electron chi connectivity index (χ3n) is 5.45. The predicted molar refractivity (Wildman–Crippen MR) is 113 cm³/mol. The van der Waals surface area contributed by atoms with E-state index in [1.165, 1.54) is 0 Å². The van der Waals surface area contributed by atoms with Gasteiger partial charge >= 0.3 is 0 Å². The minimum Gasteiger partial charge on any atom is -0.497 e. The van der Waals surface area contributed by atoms with Crippen molar-refractivity contribution in [2.45, 2.75) is 26.8 Å². The Morgan fingerprint density at radius 2 is 1.97 bits per heavy atom. The number of benzene rings is 2. The normalized spacial score (nSPS) is 18.4. The van der Waals surface area contributed by atoms with Gasteiger partial charge in [0.15, 0.2) is 5.75 Å². The summed E-state index contributed by atoms with van der Waals surface area (Å²) < 4.78 is 11.6. The van der Waals surface area contributed by atoms with Crippen LogP contribution in [0.1, 0.15) is 26.3 Å². The van der Waals surface area contributed by atoms with Crippen molar-refractivity contribution in [1.29, 1.82) is 0 Å². The fourth-order valence-electron chi connectivity index (χ4n) is 3.88. The number of carbonyl (C=O) groups is 1. The fourth-order valence-corrected chi connectivity index (χ4v) is 3.88. The molecule has 0 bridgehead atoms. The van der Waals surface area contributed by atoms with Gasteiger partial charge in [-0.3, -0.25) is 4.79 Å². The van der Waals surface area contributed by atoms with Crippen molar-refractivity contribution < 1.29 is 14.3 Å². The highest BCUT2D eigenvalue weighted by Gasteiger charge is 2.32. The van der Waals surface area contributed by atoms with Gasteiger partial charge in [-0.2, -0.15) is 0 Å². The zero-order valence-corrected chi connectivity index (χ0v) is 17.4. The number of fused-ring (bicyclic) bond motifs is 2. The van der Waals surface area contributed by atoms with Crippen molar-refractivity contribution in [3.8, 4) is 17.2 Å². The van der Waals surface area contributed by atoms with Crippen LogP contribution in [0, 0.1) is 5.92 Å². The molecule has 0 radical (unpaired) electrons. The highest BCUT2D eigenvalue weighted by Crippen LogP contribution is 2.39. The number of aliphatic imine (C=N–C) groups is 1. The number of methoxy groups -OCH3 is 1. The van der Waals surface area contributed by atoms with Crippen LogP contribution in [-0.2, 0) is 4.79 Å². The van der Waals surface area contributed by atoms with E-state index in [1.807, 2.05) is 61.2 Å². The summed E-state index contributed by atoms with van der Waals surface area (Å²) in [6.45, 7) is 8.15. The van der Waals surface area contributed by atoms with Gasteiger partial charge in [-0.05, 0) is 31.2 Å². The van der Waals surface area contributed by atoms with Crippen molar-refractivity contribution in [3.63, 3.8) is 0 Å². The van der Waals surface area contributed by atoms with Gasteiger partial charge in [-0.25, -0.2) is 4.99 Å². The molecule has 0 saturated carbocycles. The number of hydrogen-bond acceptors (Lipinski definition) is 5. The second-order valence-electron chi connectivity index (χ2n) is 7.85. The van der Waals surface area contributed by atoms with E-state index in [2.05, 4.69) is 11.8 Å². The average Bonchev–Trinajstić information content (AvgIpc) is 2.89. The summed E-state index contributed by atoms with van der Waals surface area (Å²) in [7, 11) is 1.65. The number of para-hydroxylation sites is 2. The van der Waals surface area contributed by atoms with Gasteiger partial charge in [0.2, 0.25) is 5.91 Å². The molecule has 2 aromatic rings. The second-order valence-corrected chi connectivity index (χ2v) is 7.85. The molecule has 6 nitrogen and oxygen atoms in total. The number of amides is 1. The molecule has 0 aliphatic carbocycles. The zero-order valence-electron chi connectivity index (χ0n) is 17.4. The molecule has 1 unspecified atom stereocenters. The second kappa shape index (κ2) is 7.78. The maximum Gasteiger partial charge on any atom is 0.225 e. The van der Waals surface area contributed by atoms with Crippen LogP contribution in [0.3, 0.4) is 0 Å². The topological polar surface area (TPSA) is 54.4 Å².